The zero-order valence-corrected chi connectivity index (χ0v) is 18.4. The highest BCUT2D eigenvalue weighted by Gasteiger charge is 2.34. The monoisotopic (exact) mass is 449 g/mol. The fourth-order valence-corrected chi connectivity index (χ4v) is 5.66. The van der Waals surface area contributed by atoms with Crippen molar-refractivity contribution in [3.05, 3.63) is 52.1 Å². The molecule has 9 heteroatoms. The lowest BCUT2D eigenvalue weighted by Crippen LogP contribution is -2.35. The minimum absolute atomic E-state index is 0.0243. The third-order valence-electron chi connectivity index (χ3n) is 6.87. The lowest BCUT2D eigenvalue weighted by molar-refractivity contribution is 0.330. The highest BCUT2D eigenvalue weighted by molar-refractivity contribution is 6.35. The van der Waals surface area contributed by atoms with Gasteiger partial charge in [-0.3, -0.25) is 9.36 Å². The Kier molecular flexibility index (Phi) is 4.82. The summed E-state index contributed by atoms with van der Waals surface area (Å²) < 4.78 is 1.96. The first kappa shape index (κ1) is 19.7. The predicted octanol–water partition coefficient (Wildman–Crippen LogP) is 4.56. The lowest BCUT2D eigenvalue weighted by Gasteiger charge is -2.32. The molecule has 1 aliphatic heterocycles. The van der Waals surface area contributed by atoms with E-state index in [1.807, 2.05) is 16.7 Å². The second-order valence-electron chi connectivity index (χ2n) is 8.72. The summed E-state index contributed by atoms with van der Waals surface area (Å²) in [5.41, 5.74) is 2.09. The summed E-state index contributed by atoms with van der Waals surface area (Å²) >= 11 is 6.47. The summed E-state index contributed by atoms with van der Waals surface area (Å²) in [5, 5.41) is 0.986. The van der Waals surface area contributed by atoms with E-state index in [1.165, 1.54) is 6.42 Å². The number of hydrogen-bond acceptors (Lipinski definition) is 6. The van der Waals surface area contributed by atoms with Gasteiger partial charge in [-0.05, 0) is 37.8 Å². The zero-order valence-electron chi connectivity index (χ0n) is 17.7. The topological polar surface area (TPSA) is 92.6 Å². The van der Waals surface area contributed by atoms with Gasteiger partial charge in [0, 0.05) is 12.6 Å². The number of anilines is 1. The zero-order chi connectivity index (χ0) is 21.7. The largest absolute Gasteiger partial charge is 0.345 e. The molecule has 2 aliphatic rings. The third kappa shape index (κ3) is 3.08. The van der Waals surface area contributed by atoms with Crippen molar-refractivity contribution in [2.75, 3.05) is 11.4 Å². The van der Waals surface area contributed by atoms with Crippen LogP contribution in [0.15, 0.2) is 35.6 Å². The third-order valence-corrected chi connectivity index (χ3v) is 7.19. The molecule has 1 N–H and O–H groups in total. The van der Waals surface area contributed by atoms with Crippen LogP contribution in [0.2, 0.25) is 5.02 Å². The minimum Gasteiger partial charge on any atom is -0.345 e. The van der Waals surface area contributed by atoms with Crippen LogP contribution >= 0.6 is 11.6 Å². The van der Waals surface area contributed by atoms with Gasteiger partial charge in [0.1, 0.15) is 17.7 Å². The smallest absolute Gasteiger partial charge is 0.263 e. The number of nitrogens with zero attached hydrogens (tertiary/aromatic N) is 6. The number of halogens is 1. The average Bonchev–Trinajstić information content (AvgIpc) is 3.49. The van der Waals surface area contributed by atoms with Gasteiger partial charge in [0.2, 0.25) is 0 Å². The molecule has 6 rings (SSSR count). The van der Waals surface area contributed by atoms with E-state index in [4.69, 9.17) is 16.6 Å². The molecule has 0 spiro atoms. The van der Waals surface area contributed by atoms with Crippen molar-refractivity contribution >= 4 is 39.5 Å². The number of rotatable bonds is 3. The van der Waals surface area contributed by atoms with Crippen LogP contribution in [0.1, 0.15) is 62.9 Å². The molecular formula is C23H24ClN7O. The van der Waals surface area contributed by atoms with Crippen LogP contribution in [0.4, 0.5) is 5.82 Å². The van der Waals surface area contributed by atoms with Gasteiger partial charge >= 0.3 is 0 Å². The number of aromatic amines is 1. The quantitative estimate of drug-likeness (QED) is 0.492. The highest BCUT2D eigenvalue weighted by atomic mass is 35.5. The van der Waals surface area contributed by atoms with Gasteiger partial charge in [0.25, 0.3) is 5.56 Å². The fraction of sp³-hybridized carbons (Fsp3) is 0.435. The molecule has 0 amide bonds. The minimum atomic E-state index is -0.0468. The Hall–Kier alpha value is -3.00. The first-order valence-electron chi connectivity index (χ1n) is 11.3. The average molecular weight is 450 g/mol. The van der Waals surface area contributed by atoms with Crippen LogP contribution in [-0.2, 0) is 0 Å². The van der Waals surface area contributed by atoms with Crippen molar-refractivity contribution in [2.24, 2.45) is 0 Å². The molecule has 0 radical (unpaired) electrons. The van der Waals surface area contributed by atoms with E-state index in [1.54, 1.807) is 18.7 Å². The van der Waals surface area contributed by atoms with Crippen LogP contribution in [0.3, 0.4) is 0 Å². The van der Waals surface area contributed by atoms with Crippen molar-refractivity contribution in [3.8, 4) is 0 Å². The summed E-state index contributed by atoms with van der Waals surface area (Å²) in [4.78, 5) is 37.4. The van der Waals surface area contributed by atoms with Gasteiger partial charge in [-0.15, -0.1) is 0 Å². The van der Waals surface area contributed by atoms with Gasteiger partial charge < -0.3 is 9.88 Å². The molecule has 1 atom stereocenters. The van der Waals surface area contributed by atoms with Crippen molar-refractivity contribution < 1.29 is 0 Å². The van der Waals surface area contributed by atoms with Gasteiger partial charge in [0.05, 0.1) is 28.3 Å². The molecular weight excluding hydrogens is 426 g/mol. The fourth-order valence-electron chi connectivity index (χ4n) is 5.41. The summed E-state index contributed by atoms with van der Waals surface area (Å²) in [6.45, 7) is 0.837. The normalized spacial score (nSPS) is 19.9. The Bertz CT molecular complexity index is 1360. The van der Waals surface area contributed by atoms with Crippen molar-refractivity contribution in [1.29, 1.82) is 0 Å². The van der Waals surface area contributed by atoms with E-state index < -0.39 is 0 Å². The number of nitrogens with one attached hydrogen (secondary N) is 1. The Morgan fingerprint density at radius 3 is 2.78 bits per heavy atom. The molecule has 32 heavy (non-hydrogen) atoms. The number of imidazole rings is 1. The van der Waals surface area contributed by atoms with Crippen molar-refractivity contribution in [1.82, 2.24) is 29.5 Å². The summed E-state index contributed by atoms with van der Waals surface area (Å²) in [6, 6.07) is 5.62. The summed E-state index contributed by atoms with van der Waals surface area (Å²) in [6.07, 6.45) is 10.6. The Morgan fingerprint density at radius 2 is 1.91 bits per heavy atom. The first-order valence-corrected chi connectivity index (χ1v) is 11.7. The summed E-state index contributed by atoms with van der Waals surface area (Å²) in [5.74, 6) is 1.63. The lowest BCUT2D eigenvalue weighted by atomic mass is 9.94. The van der Waals surface area contributed by atoms with E-state index in [2.05, 4.69) is 24.8 Å². The summed E-state index contributed by atoms with van der Waals surface area (Å²) in [7, 11) is 0. The molecule has 164 valence electrons. The number of H-pyrrole nitrogens is 1. The van der Waals surface area contributed by atoms with Crippen LogP contribution in [0, 0.1) is 0 Å². The van der Waals surface area contributed by atoms with E-state index in [-0.39, 0.29) is 17.6 Å². The SMILES string of the molecule is O=c1c2c(Cl)cccc2nc([C@@H]2CCCN2c2ncnc3nc[nH]c23)n1C1CCCCC1. The van der Waals surface area contributed by atoms with Gasteiger partial charge in [-0.1, -0.05) is 36.9 Å². The molecule has 0 bridgehead atoms. The molecule has 1 saturated heterocycles. The Labute approximate surface area is 189 Å². The molecule has 1 saturated carbocycles. The van der Waals surface area contributed by atoms with Crippen LogP contribution in [0.25, 0.3) is 22.1 Å². The van der Waals surface area contributed by atoms with Crippen LogP contribution < -0.4 is 10.5 Å². The van der Waals surface area contributed by atoms with Gasteiger partial charge in [-0.25, -0.2) is 19.9 Å². The maximum Gasteiger partial charge on any atom is 0.263 e. The number of benzene rings is 1. The predicted molar refractivity (Wildman–Crippen MR) is 124 cm³/mol. The molecule has 2 fully saturated rings. The molecule has 4 heterocycles. The molecule has 1 aromatic carbocycles. The van der Waals surface area contributed by atoms with E-state index >= 15 is 0 Å². The number of aromatic nitrogens is 6. The molecule has 3 aromatic heterocycles. The van der Waals surface area contributed by atoms with Gasteiger partial charge in [0.15, 0.2) is 11.5 Å². The Balaban J connectivity index is 1.56. The van der Waals surface area contributed by atoms with E-state index in [9.17, 15) is 4.79 Å². The van der Waals surface area contributed by atoms with Crippen LogP contribution in [0.5, 0.6) is 0 Å². The molecule has 4 aromatic rings. The highest BCUT2D eigenvalue weighted by Crippen LogP contribution is 2.39. The van der Waals surface area contributed by atoms with Crippen molar-refractivity contribution in [3.63, 3.8) is 0 Å². The maximum absolute atomic E-state index is 13.8. The molecule has 0 unspecified atom stereocenters. The van der Waals surface area contributed by atoms with Crippen molar-refractivity contribution in [2.45, 2.75) is 57.0 Å². The Morgan fingerprint density at radius 1 is 1.03 bits per heavy atom. The second-order valence-corrected chi connectivity index (χ2v) is 9.13. The number of hydrogen-bond donors (Lipinski definition) is 1. The first-order chi connectivity index (χ1) is 15.7. The van der Waals surface area contributed by atoms with Gasteiger partial charge in [-0.2, -0.15) is 0 Å². The molecule has 1 aliphatic carbocycles. The molecule has 8 nitrogen and oxygen atoms in total. The maximum atomic E-state index is 13.8. The van der Waals surface area contributed by atoms with Crippen LogP contribution in [-0.4, -0.2) is 36.0 Å². The standard InChI is InChI=1S/C23H24ClN7O/c24-15-8-4-9-16-18(15)23(32)31(14-6-2-1-3-7-14)21(29-16)17-10-5-11-30(17)22-19-20(26-12-25-19)27-13-28-22/h4,8-9,12-14,17H,1-3,5-7,10-11H2,(H,25,26,27,28)/t17-/m0/s1. The van der Waals surface area contributed by atoms with E-state index in [0.717, 1.165) is 62.2 Å². The second kappa shape index (κ2) is 7.85. The number of fused-ring (bicyclic) bond motifs is 2. The van der Waals surface area contributed by atoms with E-state index in [0.29, 0.717) is 21.6 Å².